The molecule has 2 N–H and O–H groups in total. The Balaban J connectivity index is 2.16. The normalized spacial score (nSPS) is 13.1. The molecule has 3 nitrogen and oxygen atoms in total. The molecule has 0 fully saturated rings. The highest BCUT2D eigenvalue weighted by Crippen LogP contribution is 2.21. The zero-order chi connectivity index (χ0) is 15.6. The van der Waals surface area contributed by atoms with E-state index >= 15 is 0 Å². The maximum absolute atomic E-state index is 13.4. The monoisotopic (exact) mass is 327 g/mol. The minimum atomic E-state index is -3.22. The molecular formula is C15H15ClFNO2S. The molecule has 2 aromatic carbocycles. The lowest BCUT2D eigenvalue weighted by molar-refractivity contribution is 0.601. The lowest BCUT2D eigenvalue weighted by Gasteiger charge is -2.13. The van der Waals surface area contributed by atoms with E-state index in [0.717, 1.165) is 17.4 Å². The van der Waals surface area contributed by atoms with Crippen molar-refractivity contribution in [3.05, 3.63) is 64.4 Å². The van der Waals surface area contributed by atoms with E-state index in [1.54, 1.807) is 18.2 Å². The Morgan fingerprint density at radius 3 is 2.33 bits per heavy atom. The highest BCUT2D eigenvalue weighted by Gasteiger charge is 2.11. The van der Waals surface area contributed by atoms with Crippen LogP contribution in [0, 0.1) is 5.82 Å². The van der Waals surface area contributed by atoms with Crippen molar-refractivity contribution in [2.45, 2.75) is 17.4 Å². The van der Waals surface area contributed by atoms with Gasteiger partial charge in [-0.2, -0.15) is 0 Å². The average Bonchev–Trinajstić information content (AvgIpc) is 2.42. The Morgan fingerprint density at radius 1 is 1.19 bits per heavy atom. The summed E-state index contributed by atoms with van der Waals surface area (Å²) >= 11 is 5.63. The number of nitrogens with two attached hydrogens (primary N) is 1. The van der Waals surface area contributed by atoms with Crippen molar-refractivity contribution in [1.29, 1.82) is 0 Å². The van der Waals surface area contributed by atoms with Crippen LogP contribution < -0.4 is 5.73 Å². The number of rotatable bonds is 4. The molecule has 0 saturated carbocycles. The van der Waals surface area contributed by atoms with E-state index < -0.39 is 15.7 Å². The van der Waals surface area contributed by atoms with E-state index in [2.05, 4.69) is 0 Å². The van der Waals surface area contributed by atoms with Crippen LogP contribution in [0.3, 0.4) is 0 Å². The largest absolute Gasteiger partial charge is 0.324 e. The SMILES string of the molecule is CS(=O)(=O)c1ccc(C(N)Cc2ccc(Cl)c(F)c2)cc1. The molecule has 1 atom stereocenters. The summed E-state index contributed by atoms with van der Waals surface area (Å²) < 4.78 is 36.2. The third-order valence-electron chi connectivity index (χ3n) is 3.18. The first-order valence-corrected chi connectivity index (χ1v) is 8.54. The fourth-order valence-electron chi connectivity index (χ4n) is 2.00. The van der Waals surface area contributed by atoms with Gasteiger partial charge < -0.3 is 5.73 Å². The molecule has 0 spiro atoms. The molecule has 0 aliphatic heterocycles. The van der Waals surface area contributed by atoms with Crippen molar-refractivity contribution in [3.8, 4) is 0 Å². The van der Waals surface area contributed by atoms with Gasteiger partial charge in [0.1, 0.15) is 5.82 Å². The van der Waals surface area contributed by atoms with Gasteiger partial charge in [0.25, 0.3) is 0 Å². The van der Waals surface area contributed by atoms with Gasteiger partial charge in [0.15, 0.2) is 9.84 Å². The zero-order valence-electron chi connectivity index (χ0n) is 11.4. The van der Waals surface area contributed by atoms with E-state index in [1.165, 1.54) is 24.3 Å². The minimum absolute atomic E-state index is 0.0739. The molecule has 0 bridgehead atoms. The maximum Gasteiger partial charge on any atom is 0.175 e. The van der Waals surface area contributed by atoms with E-state index in [-0.39, 0.29) is 16.0 Å². The van der Waals surface area contributed by atoms with E-state index in [9.17, 15) is 12.8 Å². The standard InChI is InChI=1S/C15H15ClFNO2S/c1-21(19,20)12-5-3-11(4-6-12)15(18)9-10-2-7-13(16)14(17)8-10/h2-8,15H,9,18H2,1H3. The van der Waals surface area contributed by atoms with Crippen LogP contribution in [0.4, 0.5) is 4.39 Å². The molecule has 0 aliphatic carbocycles. The molecule has 6 heteroatoms. The Hall–Kier alpha value is -1.43. The van der Waals surface area contributed by atoms with Gasteiger partial charge in [-0.15, -0.1) is 0 Å². The van der Waals surface area contributed by atoms with Crippen LogP contribution in [-0.2, 0) is 16.3 Å². The molecule has 2 aromatic rings. The summed E-state index contributed by atoms with van der Waals surface area (Å²) in [7, 11) is -3.22. The summed E-state index contributed by atoms with van der Waals surface area (Å²) in [5, 5.41) is 0.0739. The highest BCUT2D eigenvalue weighted by molar-refractivity contribution is 7.90. The molecule has 0 aliphatic rings. The molecule has 0 heterocycles. The Labute approximate surface area is 128 Å². The molecule has 0 aromatic heterocycles. The van der Waals surface area contributed by atoms with Gasteiger partial charge in [0.2, 0.25) is 0 Å². The van der Waals surface area contributed by atoms with Crippen molar-refractivity contribution in [2.75, 3.05) is 6.26 Å². The van der Waals surface area contributed by atoms with Crippen LogP contribution in [0.5, 0.6) is 0 Å². The number of hydrogen-bond donors (Lipinski definition) is 1. The lowest BCUT2D eigenvalue weighted by Crippen LogP contribution is -2.13. The molecular weight excluding hydrogens is 313 g/mol. The number of benzene rings is 2. The summed E-state index contributed by atoms with van der Waals surface area (Å²) in [4.78, 5) is 0.246. The van der Waals surface area contributed by atoms with Crippen molar-refractivity contribution >= 4 is 21.4 Å². The topological polar surface area (TPSA) is 60.2 Å². The molecule has 112 valence electrons. The fourth-order valence-corrected chi connectivity index (χ4v) is 2.75. The molecule has 0 amide bonds. The molecule has 0 radical (unpaired) electrons. The van der Waals surface area contributed by atoms with Crippen LogP contribution >= 0.6 is 11.6 Å². The first-order valence-electron chi connectivity index (χ1n) is 6.27. The van der Waals surface area contributed by atoms with Crippen LogP contribution in [-0.4, -0.2) is 14.7 Å². The third kappa shape index (κ3) is 4.03. The molecule has 2 rings (SSSR count). The zero-order valence-corrected chi connectivity index (χ0v) is 13.0. The van der Waals surface area contributed by atoms with Crippen LogP contribution in [0.15, 0.2) is 47.4 Å². The minimum Gasteiger partial charge on any atom is -0.324 e. The predicted molar refractivity (Wildman–Crippen MR) is 81.6 cm³/mol. The second kappa shape index (κ2) is 6.13. The highest BCUT2D eigenvalue weighted by atomic mass is 35.5. The average molecular weight is 328 g/mol. The Morgan fingerprint density at radius 2 is 1.81 bits per heavy atom. The molecule has 1 unspecified atom stereocenters. The summed E-state index contributed by atoms with van der Waals surface area (Å²) in [6, 6.07) is 10.6. The maximum atomic E-state index is 13.4. The van der Waals surface area contributed by atoms with Crippen LogP contribution in [0.2, 0.25) is 5.02 Å². The second-order valence-electron chi connectivity index (χ2n) is 4.90. The van der Waals surface area contributed by atoms with Gasteiger partial charge in [0, 0.05) is 12.3 Å². The quantitative estimate of drug-likeness (QED) is 0.938. The van der Waals surface area contributed by atoms with Gasteiger partial charge >= 0.3 is 0 Å². The Kier molecular flexibility index (Phi) is 4.66. The van der Waals surface area contributed by atoms with Gasteiger partial charge in [-0.05, 0) is 41.8 Å². The van der Waals surface area contributed by atoms with Crippen molar-refractivity contribution < 1.29 is 12.8 Å². The summed E-state index contributed by atoms with van der Waals surface area (Å²) in [6.45, 7) is 0. The van der Waals surface area contributed by atoms with Gasteiger partial charge in [-0.1, -0.05) is 29.8 Å². The number of hydrogen-bond acceptors (Lipinski definition) is 3. The van der Waals surface area contributed by atoms with Gasteiger partial charge in [-0.25, -0.2) is 12.8 Å². The van der Waals surface area contributed by atoms with E-state index in [4.69, 9.17) is 17.3 Å². The first kappa shape index (κ1) is 15.9. The first-order chi connectivity index (χ1) is 9.77. The number of halogens is 2. The van der Waals surface area contributed by atoms with Gasteiger partial charge in [-0.3, -0.25) is 0 Å². The van der Waals surface area contributed by atoms with Gasteiger partial charge in [0.05, 0.1) is 9.92 Å². The van der Waals surface area contributed by atoms with Crippen molar-refractivity contribution in [1.82, 2.24) is 0 Å². The summed E-state index contributed by atoms with van der Waals surface area (Å²) in [6.07, 6.45) is 1.59. The van der Waals surface area contributed by atoms with Crippen molar-refractivity contribution in [2.24, 2.45) is 5.73 Å². The van der Waals surface area contributed by atoms with E-state index in [0.29, 0.717) is 6.42 Å². The van der Waals surface area contributed by atoms with E-state index in [1.807, 2.05) is 0 Å². The predicted octanol–water partition coefficient (Wildman–Crippen LogP) is 3.13. The smallest absolute Gasteiger partial charge is 0.175 e. The molecule has 0 saturated heterocycles. The lowest BCUT2D eigenvalue weighted by atomic mass is 10.00. The summed E-state index contributed by atoms with van der Waals surface area (Å²) in [5.74, 6) is -0.478. The fraction of sp³-hybridized carbons (Fsp3) is 0.200. The summed E-state index contributed by atoms with van der Waals surface area (Å²) in [5.41, 5.74) is 7.59. The van der Waals surface area contributed by atoms with Crippen LogP contribution in [0.1, 0.15) is 17.2 Å². The second-order valence-corrected chi connectivity index (χ2v) is 7.32. The van der Waals surface area contributed by atoms with Crippen molar-refractivity contribution in [3.63, 3.8) is 0 Å². The molecule has 21 heavy (non-hydrogen) atoms. The Bertz CT molecular complexity index is 745. The van der Waals surface area contributed by atoms with Crippen LogP contribution in [0.25, 0.3) is 0 Å². The number of sulfone groups is 1. The third-order valence-corrected chi connectivity index (χ3v) is 4.61.